The zero-order chi connectivity index (χ0) is 13.2. The topological polar surface area (TPSA) is 46.6 Å². The van der Waals surface area contributed by atoms with Gasteiger partial charge in [0.25, 0.3) is 0 Å². The van der Waals surface area contributed by atoms with Gasteiger partial charge in [0.05, 0.1) is 5.69 Å². The summed E-state index contributed by atoms with van der Waals surface area (Å²) in [6.45, 7) is 0.676. The van der Waals surface area contributed by atoms with Gasteiger partial charge in [-0.05, 0) is 19.4 Å². The largest absolute Gasteiger partial charge is 0.355 e. The number of hydrogen-bond acceptors (Lipinski definition) is 4. The van der Waals surface area contributed by atoms with E-state index in [4.69, 9.17) is 10.7 Å². The first-order chi connectivity index (χ1) is 9.31. The third-order valence-electron chi connectivity index (χ3n) is 4.18. The van der Waals surface area contributed by atoms with Crippen LogP contribution >= 0.6 is 11.3 Å². The Morgan fingerprint density at radius 2 is 2.21 bits per heavy atom. The number of fused-ring (bicyclic) bond motifs is 1. The Kier molecular flexibility index (Phi) is 3.75. The van der Waals surface area contributed by atoms with E-state index >= 15 is 0 Å². The fourth-order valence-corrected chi connectivity index (χ4v) is 3.84. The van der Waals surface area contributed by atoms with Crippen LogP contribution in [0.1, 0.15) is 37.8 Å². The number of hydrogen-bond donors (Lipinski definition) is 1. The van der Waals surface area contributed by atoms with Crippen molar-refractivity contribution in [2.24, 2.45) is 5.73 Å². The van der Waals surface area contributed by atoms with Gasteiger partial charge in [-0.15, -0.1) is 11.3 Å². The minimum atomic E-state index is 0.648. The first kappa shape index (κ1) is 12.9. The molecule has 2 aromatic rings. The quantitative estimate of drug-likeness (QED) is 0.935. The van der Waals surface area contributed by atoms with Gasteiger partial charge in [-0.2, -0.15) is 0 Å². The van der Waals surface area contributed by atoms with Crippen molar-refractivity contribution in [3.63, 3.8) is 0 Å². The lowest BCUT2D eigenvalue weighted by Gasteiger charge is -2.32. The van der Waals surface area contributed by atoms with Crippen molar-refractivity contribution >= 4 is 22.1 Å². The Bertz CT molecular complexity index is 539. The molecule has 3 rings (SSSR count). The fourth-order valence-electron chi connectivity index (χ4n) is 3.11. The van der Waals surface area contributed by atoms with Crippen LogP contribution in [0.15, 0.2) is 11.6 Å². The molecule has 1 aliphatic rings. The molecule has 19 heavy (non-hydrogen) atoms. The molecule has 2 heterocycles. The average molecular weight is 278 g/mol. The number of rotatable bonds is 4. The van der Waals surface area contributed by atoms with E-state index in [2.05, 4.69) is 27.9 Å². The molecule has 0 saturated heterocycles. The van der Waals surface area contributed by atoms with E-state index in [1.807, 2.05) is 0 Å². The highest BCUT2D eigenvalue weighted by Crippen LogP contribution is 2.30. The zero-order valence-corrected chi connectivity index (χ0v) is 12.3. The van der Waals surface area contributed by atoms with Crippen molar-refractivity contribution in [2.45, 2.75) is 44.6 Å². The molecule has 1 saturated carbocycles. The molecular weight excluding hydrogens is 256 g/mol. The van der Waals surface area contributed by atoms with E-state index < -0.39 is 0 Å². The highest BCUT2D eigenvalue weighted by Gasteiger charge is 2.23. The number of nitrogens with zero attached hydrogens (tertiary/aromatic N) is 3. The monoisotopic (exact) mass is 278 g/mol. The van der Waals surface area contributed by atoms with Crippen LogP contribution in [0.4, 0.5) is 5.82 Å². The highest BCUT2D eigenvalue weighted by atomic mass is 32.1. The summed E-state index contributed by atoms with van der Waals surface area (Å²) in [5, 5.41) is 2.09. The van der Waals surface area contributed by atoms with Crippen molar-refractivity contribution < 1.29 is 0 Å². The maximum atomic E-state index is 5.77. The summed E-state index contributed by atoms with van der Waals surface area (Å²) < 4.78 is 2.20. The van der Waals surface area contributed by atoms with E-state index in [1.165, 1.54) is 37.8 Å². The van der Waals surface area contributed by atoms with Gasteiger partial charge in [0.15, 0.2) is 10.8 Å². The van der Waals surface area contributed by atoms with E-state index in [9.17, 15) is 0 Å². The van der Waals surface area contributed by atoms with Crippen LogP contribution < -0.4 is 10.6 Å². The lowest BCUT2D eigenvalue weighted by atomic mass is 9.94. The maximum Gasteiger partial charge on any atom is 0.195 e. The lowest BCUT2D eigenvalue weighted by molar-refractivity contribution is 0.425. The normalized spacial score (nSPS) is 17.2. The molecule has 1 fully saturated rings. The van der Waals surface area contributed by atoms with Crippen LogP contribution in [0.5, 0.6) is 0 Å². The molecule has 0 amide bonds. The van der Waals surface area contributed by atoms with E-state index in [1.54, 1.807) is 11.3 Å². The van der Waals surface area contributed by atoms with Crippen LogP contribution in [0.25, 0.3) is 4.96 Å². The minimum Gasteiger partial charge on any atom is -0.355 e. The smallest absolute Gasteiger partial charge is 0.195 e. The fraction of sp³-hybridized carbons (Fsp3) is 0.643. The molecule has 0 radical (unpaired) electrons. The zero-order valence-electron chi connectivity index (χ0n) is 11.5. The summed E-state index contributed by atoms with van der Waals surface area (Å²) in [7, 11) is 2.20. The van der Waals surface area contributed by atoms with E-state index in [0.29, 0.717) is 12.6 Å². The molecule has 1 aliphatic carbocycles. The first-order valence-electron chi connectivity index (χ1n) is 7.18. The highest BCUT2D eigenvalue weighted by molar-refractivity contribution is 7.15. The summed E-state index contributed by atoms with van der Waals surface area (Å²) in [5.74, 6) is 1.14. The molecular formula is C14H22N4S. The molecule has 2 aromatic heterocycles. The lowest BCUT2D eigenvalue weighted by Crippen LogP contribution is -2.34. The second-order valence-corrected chi connectivity index (χ2v) is 6.25. The Labute approximate surface area is 118 Å². The van der Waals surface area contributed by atoms with Gasteiger partial charge in [0.1, 0.15) is 0 Å². The van der Waals surface area contributed by atoms with Crippen LogP contribution in [-0.4, -0.2) is 29.0 Å². The van der Waals surface area contributed by atoms with Gasteiger partial charge < -0.3 is 10.6 Å². The van der Waals surface area contributed by atoms with Crippen molar-refractivity contribution in [3.05, 3.63) is 17.3 Å². The first-order valence-corrected chi connectivity index (χ1v) is 8.06. The summed E-state index contributed by atoms with van der Waals surface area (Å²) in [5.41, 5.74) is 7.04. The SMILES string of the molecule is CN(c1nc2sccn2c1CCN)C1CCCCC1. The number of aromatic nitrogens is 2. The second kappa shape index (κ2) is 5.51. The van der Waals surface area contributed by atoms with Gasteiger partial charge >= 0.3 is 0 Å². The number of nitrogens with two attached hydrogens (primary N) is 1. The molecule has 0 atom stereocenters. The van der Waals surface area contributed by atoms with Crippen molar-refractivity contribution in [1.82, 2.24) is 9.38 Å². The third-order valence-corrected chi connectivity index (χ3v) is 4.93. The standard InChI is InChI=1S/C14H22N4S/c1-17(11-5-3-2-4-6-11)13-12(7-8-15)18-9-10-19-14(18)16-13/h9-11H,2-8,15H2,1H3. The maximum absolute atomic E-state index is 5.77. The molecule has 104 valence electrons. The Balaban J connectivity index is 1.93. The van der Waals surface area contributed by atoms with Crippen LogP contribution in [0.2, 0.25) is 0 Å². The summed E-state index contributed by atoms with van der Waals surface area (Å²) in [6.07, 6.45) is 9.68. The molecule has 5 heteroatoms. The number of thiazole rings is 1. The van der Waals surface area contributed by atoms with Crippen LogP contribution in [0.3, 0.4) is 0 Å². The molecule has 0 bridgehead atoms. The summed E-state index contributed by atoms with van der Waals surface area (Å²) in [6, 6.07) is 0.648. The molecule has 0 spiro atoms. The summed E-state index contributed by atoms with van der Waals surface area (Å²) in [4.78, 5) is 8.30. The number of imidazole rings is 1. The number of anilines is 1. The molecule has 4 nitrogen and oxygen atoms in total. The van der Waals surface area contributed by atoms with Crippen molar-refractivity contribution in [2.75, 3.05) is 18.5 Å². The van der Waals surface area contributed by atoms with Crippen LogP contribution in [0, 0.1) is 0 Å². The van der Waals surface area contributed by atoms with E-state index in [0.717, 1.165) is 17.2 Å². The van der Waals surface area contributed by atoms with Gasteiger partial charge in [-0.25, -0.2) is 4.98 Å². The van der Waals surface area contributed by atoms with Gasteiger partial charge in [-0.1, -0.05) is 19.3 Å². The Morgan fingerprint density at radius 3 is 2.95 bits per heavy atom. The van der Waals surface area contributed by atoms with Crippen molar-refractivity contribution in [1.29, 1.82) is 0 Å². The summed E-state index contributed by atoms with van der Waals surface area (Å²) >= 11 is 1.70. The van der Waals surface area contributed by atoms with Gasteiger partial charge in [-0.3, -0.25) is 4.40 Å². The molecule has 0 unspecified atom stereocenters. The molecule has 2 N–H and O–H groups in total. The predicted octanol–water partition coefficient (Wildman–Crippen LogP) is 2.67. The molecule has 0 aromatic carbocycles. The van der Waals surface area contributed by atoms with Crippen LogP contribution in [-0.2, 0) is 6.42 Å². The van der Waals surface area contributed by atoms with Crippen molar-refractivity contribution in [3.8, 4) is 0 Å². The third kappa shape index (κ3) is 2.37. The Hall–Kier alpha value is -1.07. The van der Waals surface area contributed by atoms with Gasteiger partial charge in [0, 0.05) is 31.1 Å². The predicted molar refractivity (Wildman–Crippen MR) is 81.1 cm³/mol. The second-order valence-electron chi connectivity index (χ2n) is 5.38. The average Bonchev–Trinajstić information content (AvgIpc) is 3.02. The van der Waals surface area contributed by atoms with E-state index in [-0.39, 0.29) is 0 Å². The minimum absolute atomic E-state index is 0.648. The Morgan fingerprint density at radius 1 is 1.42 bits per heavy atom. The van der Waals surface area contributed by atoms with Gasteiger partial charge in [0.2, 0.25) is 0 Å². The molecule has 0 aliphatic heterocycles.